The van der Waals surface area contributed by atoms with Crippen molar-refractivity contribution < 1.29 is 19.0 Å². The van der Waals surface area contributed by atoms with Crippen LogP contribution in [0.25, 0.3) is 0 Å². The monoisotopic (exact) mass is 469 g/mol. The lowest BCUT2D eigenvalue weighted by Gasteiger charge is -2.32. The molecule has 186 valence electrons. The Balaban J connectivity index is 1.75. The molecule has 0 spiro atoms. The molecular weight excluding hydrogens is 430 g/mol. The number of rotatable bonds is 10. The number of amides is 2. The molecule has 0 unspecified atom stereocenters. The van der Waals surface area contributed by atoms with Crippen LogP contribution in [-0.2, 0) is 13.1 Å². The number of likely N-dealkylation sites (tertiary alicyclic amines) is 1. The van der Waals surface area contributed by atoms with E-state index in [1.807, 2.05) is 47.4 Å². The van der Waals surface area contributed by atoms with E-state index in [0.29, 0.717) is 37.1 Å². The van der Waals surface area contributed by atoms with Crippen LogP contribution in [0.1, 0.15) is 37.8 Å². The summed E-state index contributed by atoms with van der Waals surface area (Å²) >= 11 is 0. The van der Waals surface area contributed by atoms with Gasteiger partial charge in [-0.05, 0) is 74.3 Å². The van der Waals surface area contributed by atoms with Gasteiger partial charge in [0.1, 0.15) is 17.2 Å². The summed E-state index contributed by atoms with van der Waals surface area (Å²) in [5.41, 5.74) is 2.00. The van der Waals surface area contributed by atoms with Crippen molar-refractivity contribution in [3.8, 4) is 17.2 Å². The number of nitrogens with one attached hydrogen (secondary N) is 1. The summed E-state index contributed by atoms with van der Waals surface area (Å²) < 4.78 is 16.7. The van der Waals surface area contributed by atoms with E-state index in [9.17, 15) is 4.79 Å². The van der Waals surface area contributed by atoms with Crippen LogP contribution in [0.2, 0.25) is 0 Å². The fourth-order valence-electron chi connectivity index (χ4n) is 3.97. The number of urea groups is 1. The Labute approximate surface area is 204 Å². The molecule has 7 heteroatoms. The second kappa shape index (κ2) is 12.5. The minimum Gasteiger partial charge on any atom is -0.497 e. The third-order valence-electron chi connectivity index (χ3n) is 6.00. The first-order chi connectivity index (χ1) is 16.4. The molecule has 7 nitrogen and oxygen atoms in total. The maximum Gasteiger partial charge on any atom is 0.318 e. The smallest absolute Gasteiger partial charge is 0.318 e. The predicted octanol–water partition coefficient (Wildman–Crippen LogP) is 4.54. The number of methoxy groups -OCH3 is 2. The molecular formula is C27H39N3O4. The summed E-state index contributed by atoms with van der Waals surface area (Å²) in [6, 6.07) is 13.9. The van der Waals surface area contributed by atoms with Crippen molar-refractivity contribution in [2.45, 2.75) is 45.8 Å². The van der Waals surface area contributed by atoms with E-state index in [-0.39, 0.29) is 12.1 Å². The topological polar surface area (TPSA) is 63.3 Å². The predicted molar refractivity (Wildman–Crippen MR) is 135 cm³/mol. The quantitative estimate of drug-likeness (QED) is 0.553. The Morgan fingerprint density at radius 3 is 2.12 bits per heavy atom. The fourth-order valence-corrected chi connectivity index (χ4v) is 3.97. The number of carbonyl (C=O) groups is 1. The summed E-state index contributed by atoms with van der Waals surface area (Å²) in [5, 5.41) is 3.25. The Morgan fingerprint density at radius 2 is 1.56 bits per heavy atom. The molecule has 0 saturated carbocycles. The number of nitrogens with zero attached hydrogens (tertiary/aromatic N) is 2. The van der Waals surface area contributed by atoms with E-state index in [0.717, 1.165) is 42.8 Å². The minimum atomic E-state index is -0.0588. The third-order valence-corrected chi connectivity index (χ3v) is 6.00. The molecule has 1 N–H and O–H groups in total. The molecule has 1 fully saturated rings. The zero-order chi connectivity index (χ0) is 24.5. The maximum absolute atomic E-state index is 13.4. The molecule has 2 aromatic rings. The lowest BCUT2D eigenvalue weighted by Crippen LogP contribution is -2.48. The van der Waals surface area contributed by atoms with Gasteiger partial charge in [0.2, 0.25) is 0 Å². The van der Waals surface area contributed by atoms with Gasteiger partial charge in [-0.2, -0.15) is 0 Å². The van der Waals surface area contributed by atoms with Crippen molar-refractivity contribution in [1.29, 1.82) is 0 Å². The summed E-state index contributed by atoms with van der Waals surface area (Å²) in [5.74, 6) is 2.73. The largest absolute Gasteiger partial charge is 0.497 e. The average Bonchev–Trinajstić information content (AvgIpc) is 2.84. The molecule has 0 atom stereocenters. The van der Waals surface area contributed by atoms with Crippen molar-refractivity contribution in [1.82, 2.24) is 15.1 Å². The molecule has 0 aliphatic carbocycles. The molecule has 34 heavy (non-hydrogen) atoms. The highest BCUT2D eigenvalue weighted by atomic mass is 16.5. The first-order valence-electron chi connectivity index (χ1n) is 12.0. The zero-order valence-corrected chi connectivity index (χ0v) is 21.2. The van der Waals surface area contributed by atoms with E-state index >= 15 is 0 Å². The molecule has 0 radical (unpaired) electrons. The first-order valence-corrected chi connectivity index (χ1v) is 12.0. The van der Waals surface area contributed by atoms with Gasteiger partial charge < -0.3 is 29.3 Å². The van der Waals surface area contributed by atoms with Crippen molar-refractivity contribution in [3.63, 3.8) is 0 Å². The van der Waals surface area contributed by atoms with Crippen LogP contribution in [0.5, 0.6) is 17.2 Å². The molecule has 2 amide bonds. The van der Waals surface area contributed by atoms with Gasteiger partial charge in [0.25, 0.3) is 0 Å². The Kier molecular flexibility index (Phi) is 9.45. The highest BCUT2D eigenvalue weighted by molar-refractivity contribution is 5.74. The first kappa shape index (κ1) is 25.7. The molecule has 0 aromatic heterocycles. The maximum atomic E-state index is 13.4. The van der Waals surface area contributed by atoms with Gasteiger partial charge in [-0.25, -0.2) is 4.79 Å². The highest BCUT2D eigenvalue weighted by Gasteiger charge is 2.22. The van der Waals surface area contributed by atoms with Crippen molar-refractivity contribution >= 4 is 6.03 Å². The molecule has 0 bridgehead atoms. The highest BCUT2D eigenvalue weighted by Crippen LogP contribution is 2.24. The van der Waals surface area contributed by atoms with Crippen molar-refractivity contribution in [2.75, 3.05) is 41.0 Å². The van der Waals surface area contributed by atoms with Gasteiger partial charge in [0.15, 0.2) is 0 Å². The molecule has 3 rings (SSSR count). The second-order valence-electron chi connectivity index (χ2n) is 9.45. The molecule has 1 heterocycles. The van der Waals surface area contributed by atoms with E-state index < -0.39 is 0 Å². The van der Waals surface area contributed by atoms with Gasteiger partial charge in [0, 0.05) is 25.2 Å². The van der Waals surface area contributed by atoms with Gasteiger partial charge in [-0.15, -0.1) is 0 Å². The molecule has 2 aromatic carbocycles. The molecule has 1 saturated heterocycles. The lowest BCUT2D eigenvalue weighted by molar-refractivity contribution is 0.176. The number of carbonyl (C=O) groups excluding carboxylic acids is 1. The third kappa shape index (κ3) is 7.83. The summed E-state index contributed by atoms with van der Waals surface area (Å²) in [6.45, 7) is 7.86. The fraction of sp³-hybridized carbons (Fsp3) is 0.519. The lowest BCUT2D eigenvalue weighted by atomic mass is 10.1. The summed E-state index contributed by atoms with van der Waals surface area (Å²) in [4.78, 5) is 17.5. The van der Waals surface area contributed by atoms with Crippen LogP contribution >= 0.6 is 0 Å². The normalized spacial score (nSPS) is 14.6. The average molecular weight is 470 g/mol. The van der Waals surface area contributed by atoms with Gasteiger partial charge in [-0.3, -0.25) is 0 Å². The second-order valence-corrected chi connectivity index (χ2v) is 9.45. The number of ether oxygens (including phenoxy) is 3. The van der Waals surface area contributed by atoms with E-state index in [1.54, 1.807) is 14.2 Å². The van der Waals surface area contributed by atoms with E-state index in [1.165, 1.54) is 0 Å². The van der Waals surface area contributed by atoms with Gasteiger partial charge in [-0.1, -0.05) is 26.0 Å². The van der Waals surface area contributed by atoms with Crippen LogP contribution in [0.15, 0.2) is 42.5 Å². The molecule has 1 aliphatic heterocycles. The van der Waals surface area contributed by atoms with Crippen molar-refractivity contribution in [2.24, 2.45) is 5.92 Å². The van der Waals surface area contributed by atoms with Crippen molar-refractivity contribution in [3.05, 3.63) is 53.6 Å². The van der Waals surface area contributed by atoms with E-state index in [4.69, 9.17) is 14.2 Å². The van der Waals surface area contributed by atoms with E-state index in [2.05, 4.69) is 31.1 Å². The Morgan fingerprint density at radius 1 is 0.971 bits per heavy atom. The summed E-state index contributed by atoms with van der Waals surface area (Å²) in [6.07, 6.45) is 1.93. The van der Waals surface area contributed by atoms with Crippen LogP contribution in [0.4, 0.5) is 4.79 Å². The summed E-state index contributed by atoms with van der Waals surface area (Å²) in [7, 11) is 5.38. The standard InChI is InChI=1S/C27H39N3O4/c1-20(2)19-34-24-8-6-21(7-9-24)17-30(27(31)28-23-10-12-29(3)13-11-23)18-22-14-25(32-4)16-26(15-22)33-5/h6-9,14-16,20,23H,10-13,17-19H2,1-5H3,(H,28,31). The zero-order valence-electron chi connectivity index (χ0n) is 21.2. The van der Waals surface area contributed by atoms with Crippen LogP contribution < -0.4 is 19.5 Å². The number of piperidine rings is 1. The Hall–Kier alpha value is -2.93. The Bertz CT molecular complexity index is 886. The van der Waals surface area contributed by atoms with Gasteiger partial charge >= 0.3 is 6.03 Å². The number of benzene rings is 2. The van der Waals surface area contributed by atoms with Crippen LogP contribution in [-0.4, -0.2) is 62.8 Å². The van der Waals surface area contributed by atoms with Crippen LogP contribution in [0.3, 0.4) is 0 Å². The number of hydrogen-bond donors (Lipinski definition) is 1. The van der Waals surface area contributed by atoms with Gasteiger partial charge in [0.05, 0.1) is 20.8 Å². The minimum absolute atomic E-state index is 0.0588. The SMILES string of the molecule is COc1cc(CN(Cc2ccc(OCC(C)C)cc2)C(=O)NC2CCN(C)CC2)cc(OC)c1. The molecule has 1 aliphatic rings. The van der Waals surface area contributed by atoms with Crippen LogP contribution in [0, 0.1) is 5.92 Å². The number of hydrogen-bond acceptors (Lipinski definition) is 5.